The van der Waals surface area contributed by atoms with Gasteiger partial charge in [0.2, 0.25) is 6.29 Å². The lowest BCUT2D eigenvalue weighted by Gasteiger charge is -2.55. The topological polar surface area (TPSA) is 166 Å². The minimum atomic E-state index is -1.63. The molecule has 2 aliphatic heterocycles. The molecule has 2 aliphatic carbocycles. The Morgan fingerprint density at radius 1 is 1.06 bits per heavy atom. The van der Waals surface area contributed by atoms with Crippen LogP contribution in [-0.2, 0) is 32.7 Å². The highest BCUT2D eigenvalue weighted by atomic mass is 16.7. The number of aliphatic hydroxyl groups is 5. The fourth-order valence-corrected chi connectivity index (χ4v) is 7.39. The first kappa shape index (κ1) is 25.8. The van der Waals surface area contributed by atoms with Gasteiger partial charge in [-0.05, 0) is 53.6 Å². The predicted octanol–water partition coefficient (Wildman–Crippen LogP) is 0.900. The van der Waals surface area contributed by atoms with E-state index in [-0.39, 0.29) is 27.7 Å². The van der Waals surface area contributed by atoms with Crippen LogP contribution in [0.25, 0.3) is 0 Å². The largest absolute Gasteiger partial charge is 0.507 e. The summed E-state index contributed by atoms with van der Waals surface area (Å²) in [7, 11) is 0. The Balaban J connectivity index is 1.56. The number of phenols is 1. The van der Waals surface area contributed by atoms with E-state index in [0.717, 1.165) is 31.2 Å². The number of rotatable bonds is 4. The summed E-state index contributed by atoms with van der Waals surface area (Å²) in [6.07, 6.45) is -4.50. The van der Waals surface area contributed by atoms with Crippen molar-refractivity contribution in [1.82, 2.24) is 0 Å². The second-order valence-electron chi connectivity index (χ2n) is 11.6. The van der Waals surface area contributed by atoms with Crippen LogP contribution >= 0.6 is 0 Å². The van der Waals surface area contributed by atoms with E-state index in [4.69, 9.17) is 14.2 Å². The van der Waals surface area contributed by atoms with Crippen LogP contribution in [0.2, 0.25) is 0 Å². The molecule has 0 bridgehead atoms. The second-order valence-corrected chi connectivity index (χ2v) is 11.6. The summed E-state index contributed by atoms with van der Waals surface area (Å²) < 4.78 is 16.3. The number of benzene rings is 1. The van der Waals surface area contributed by atoms with Gasteiger partial charge in [0.05, 0.1) is 18.8 Å². The molecule has 6 N–H and O–H groups in total. The normalized spacial score (nSPS) is 39.2. The molecule has 1 aromatic rings. The number of fused-ring (bicyclic) bond motifs is 5. The van der Waals surface area contributed by atoms with Crippen LogP contribution in [-0.4, -0.2) is 73.9 Å². The number of aromatic hydroxyl groups is 1. The SMILES string of the molecule is CC1(C)CCC[C@]2(C)c3c(c(O)c(CO[C@@H]4O[C@H](CO)[C@@H](O)[C@H](O)[C@H]4O)c4c3[C@@H](O)OC4=O)CCC12. The van der Waals surface area contributed by atoms with Crippen LogP contribution in [0, 0.1) is 11.3 Å². The molecule has 4 aliphatic rings. The molecular formula is C26H36O10. The van der Waals surface area contributed by atoms with Crippen molar-refractivity contribution in [2.45, 2.75) is 102 Å². The first-order valence-electron chi connectivity index (χ1n) is 12.6. The predicted molar refractivity (Wildman–Crippen MR) is 124 cm³/mol. The Kier molecular flexibility index (Phi) is 6.39. The van der Waals surface area contributed by atoms with Crippen LogP contribution < -0.4 is 0 Å². The lowest BCUT2D eigenvalue weighted by Crippen LogP contribution is -2.59. The lowest BCUT2D eigenvalue weighted by molar-refractivity contribution is -0.304. The van der Waals surface area contributed by atoms with Crippen LogP contribution in [0.15, 0.2) is 0 Å². The Bertz CT molecular complexity index is 1050. The summed E-state index contributed by atoms with van der Waals surface area (Å²) in [5.41, 5.74) is 1.68. The number of hydrogen-bond donors (Lipinski definition) is 6. The summed E-state index contributed by atoms with van der Waals surface area (Å²) in [6, 6.07) is 0. The maximum absolute atomic E-state index is 12.9. The van der Waals surface area contributed by atoms with E-state index in [0.29, 0.717) is 23.5 Å². The van der Waals surface area contributed by atoms with E-state index in [1.165, 1.54) is 0 Å². The fourth-order valence-electron chi connectivity index (χ4n) is 7.39. The summed E-state index contributed by atoms with van der Waals surface area (Å²) in [6.45, 7) is 5.65. The Morgan fingerprint density at radius 2 is 1.78 bits per heavy atom. The number of ether oxygens (including phenoxy) is 3. The van der Waals surface area contributed by atoms with Crippen molar-refractivity contribution in [3.63, 3.8) is 0 Å². The van der Waals surface area contributed by atoms with Gasteiger partial charge in [-0.1, -0.05) is 27.2 Å². The van der Waals surface area contributed by atoms with Crippen molar-refractivity contribution in [3.8, 4) is 5.75 Å². The van der Waals surface area contributed by atoms with E-state index >= 15 is 0 Å². The third kappa shape index (κ3) is 3.69. The number of hydrogen-bond acceptors (Lipinski definition) is 10. The molecule has 200 valence electrons. The van der Waals surface area contributed by atoms with Crippen molar-refractivity contribution in [2.75, 3.05) is 6.61 Å². The Morgan fingerprint density at radius 3 is 2.47 bits per heavy atom. The summed E-state index contributed by atoms with van der Waals surface area (Å²) in [5.74, 6) is -0.583. The van der Waals surface area contributed by atoms with Crippen molar-refractivity contribution < 1.29 is 49.6 Å². The minimum Gasteiger partial charge on any atom is -0.507 e. The van der Waals surface area contributed by atoms with E-state index in [1.54, 1.807) is 0 Å². The van der Waals surface area contributed by atoms with Crippen LogP contribution in [0.5, 0.6) is 5.75 Å². The van der Waals surface area contributed by atoms with Gasteiger partial charge in [0, 0.05) is 11.1 Å². The standard InChI is InChI=1S/C26H36O10/c1-25(2)7-4-8-26(3)14(25)6-5-11-17(26)16-15(22(32)36-23(16)33)12(18(11)28)10-34-24-21(31)20(30)19(29)13(9-27)35-24/h13-14,19-21,23-24,27-31,33H,4-10H2,1-3H3/t13-,14?,19-,20+,21-,23+,24-,26+/m1/s1. The maximum atomic E-state index is 12.9. The zero-order chi connectivity index (χ0) is 26.2. The van der Waals surface area contributed by atoms with Crippen LogP contribution in [0.1, 0.15) is 85.4 Å². The molecule has 0 radical (unpaired) electrons. The molecule has 5 rings (SSSR count). The minimum absolute atomic E-state index is 0.0496. The summed E-state index contributed by atoms with van der Waals surface area (Å²) in [5, 5.41) is 62.1. The van der Waals surface area contributed by atoms with Crippen molar-refractivity contribution in [2.24, 2.45) is 11.3 Å². The van der Waals surface area contributed by atoms with E-state index in [9.17, 15) is 35.4 Å². The van der Waals surface area contributed by atoms with E-state index in [2.05, 4.69) is 20.8 Å². The summed E-state index contributed by atoms with van der Waals surface area (Å²) in [4.78, 5) is 12.9. The molecule has 0 amide bonds. The third-order valence-corrected chi connectivity index (χ3v) is 9.11. The highest BCUT2D eigenvalue weighted by Crippen LogP contribution is 2.60. The zero-order valence-electron chi connectivity index (χ0n) is 20.8. The number of aliphatic hydroxyl groups excluding tert-OH is 5. The van der Waals surface area contributed by atoms with E-state index in [1.807, 2.05) is 0 Å². The number of esters is 1. The second kappa shape index (κ2) is 8.90. The van der Waals surface area contributed by atoms with Gasteiger partial charge < -0.3 is 44.8 Å². The average Bonchev–Trinajstić information content (AvgIpc) is 3.11. The number of carbonyl (C=O) groups excluding carboxylic acids is 1. The Labute approximate surface area is 209 Å². The smallest absolute Gasteiger partial charge is 0.341 e. The van der Waals surface area contributed by atoms with Crippen LogP contribution in [0.4, 0.5) is 0 Å². The molecule has 1 saturated heterocycles. The number of cyclic esters (lactones) is 1. The molecule has 36 heavy (non-hydrogen) atoms. The van der Waals surface area contributed by atoms with Gasteiger partial charge in [-0.2, -0.15) is 0 Å². The molecule has 1 aromatic carbocycles. The van der Waals surface area contributed by atoms with Gasteiger partial charge >= 0.3 is 5.97 Å². The quantitative estimate of drug-likeness (QED) is 0.322. The lowest BCUT2D eigenvalue weighted by atomic mass is 9.49. The van der Waals surface area contributed by atoms with Crippen molar-refractivity contribution in [3.05, 3.63) is 27.8 Å². The zero-order valence-corrected chi connectivity index (χ0v) is 20.8. The highest BCUT2D eigenvalue weighted by Gasteiger charge is 2.54. The maximum Gasteiger partial charge on any atom is 0.341 e. The molecule has 10 nitrogen and oxygen atoms in total. The highest BCUT2D eigenvalue weighted by molar-refractivity contribution is 5.97. The molecule has 2 fully saturated rings. The number of phenolic OH excluding ortho intramolecular Hbond substituents is 1. The molecule has 1 unspecified atom stereocenters. The Hall–Kier alpha value is -1.79. The van der Waals surface area contributed by atoms with Crippen molar-refractivity contribution in [1.29, 1.82) is 0 Å². The molecule has 1 saturated carbocycles. The average molecular weight is 509 g/mol. The van der Waals surface area contributed by atoms with Gasteiger partial charge in [0.25, 0.3) is 0 Å². The fraction of sp³-hybridized carbons (Fsp3) is 0.731. The number of carbonyl (C=O) groups is 1. The molecule has 0 aromatic heterocycles. The molecule has 2 heterocycles. The molecule has 10 heteroatoms. The monoisotopic (exact) mass is 508 g/mol. The molecule has 0 spiro atoms. The van der Waals surface area contributed by atoms with Crippen molar-refractivity contribution >= 4 is 5.97 Å². The first-order chi connectivity index (χ1) is 16.9. The van der Waals surface area contributed by atoms with Gasteiger partial charge in [-0.25, -0.2) is 4.79 Å². The van der Waals surface area contributed by atoms with Crippen LogP contribution in [0.3, 0.4) is 0 Å². The van der Waals surface area contributed by atoms with Gasteiger partial charge in [0.1, 0.15) is 30.2 Å². The molecule has 8 atom stereocenters. The third-order valence-electron chi connectivity index (χ3n) is 9.11. The summed E-state index contributed by atoms with van der Waals surface area (Å²) >= 11 is 0. The van der Waals surface area contributed by atoms with Gasteiger partial charge in [0.15, 0.2) is 6.29 Å². The first-order valence-corrected chi connectivity index (χ1v) is 12.6. The van der Waals surface area contributed by atoms with Gasteiger partial charge in [-0.3, -0.25) is 0 Å². The van der Waals surface area contributed by atoms with Gasteiger partial charge in [-0.15, -0.1) is 0 Å². The van der Waals surface area contributed by atoms with E-state index < -0.39 is 56.2 Å². The molecular weight excluding hydrogens is 472 g/mol.